The Labute approximate surface area is 119 Å². The van der Waals surface area contributed by atoms with E-state index < -0.39 is 6.04 Å². The predicted molar refractivity (Wildman–Crippen MR) is 76.0 cm³/mol. The number of hydrogen-bond acceptors (Lipinski definition) is 5. The van der Waals surface area contributed by atoms with E-state index in [4.69, 9.17) is 15.0 Å². The molecule has 2 rings (SSSR count). The largest absolute Gasteiger partial charge is 0.370 e. The molecule has 0 aliphatic rings. The number of benzene rings is 1. The molecule has 0 spiro atoms. The Hall–Kier alpha value is -1.72. The Bertz CT molecular complexity index is 525. The van der Waals surface area contributed by atoms with Crippen molar-refractivity contribution in [2.75, 3.05) is 6.61 Å². The van der Waals surface area contributed by atoms with Crippen molar-refractivity contribution in [3.8, 4) is 0 Å². The Morgan fingerprint density at radius 3 is 2.55 bits per heavy atom. The van der Waals surface area contributed by atoms with Crippen LogP contribution in [0, 0.1) is 5.92 Å². The number of aromatic nitrogens is 2. The normalized spacial score (nSPS) is 14.4. The lowest BCUT2D eigenvalue weighted by Gasteiger charge is -2.16. The van der Waals surface area contributed by atoms with E-state index in [9.17, 15) is 0 Å². The maximum absolute atomic E-state index is 6.14. The molecule has 1 unspecified atom stereocenters. The van der Waals surface area contributed by atoms with Gasteiger partial charge < -0.3 is 15.0 Å². The molecule has 0 radical (unpaired) electrons. The monoisotopic (exact) mass is 275 g/mol. The zero-order chi connectivity index (χ0) is 14.5. The average Bonchev–Trinajstić information content (AvgIpc) is 2.94. The van der Waals surface area contributed by atoms with Crippen LogP contribution in [0.15, 0.2) is 34.9 Å². The maximum Gasteiger partial charge on any atom is 0.248 e. The van der Waals surface area contributed by atoms with Crippen LogP contribution in [0.25, 0.3) is 0 Å². The van der Waals surface area contributed by atoms with E-state index in [0.29, 0.717) is 18.3 Å². The van der Waals surface area contributed by atoms with E-state index in [-0.39, 0.29) is 12.0 Å². The summed E-state index contributed by atoms with van der Waals surface area (Å²) in [5.74, 6) is 1.24. The second-order valence-corrected chi connectivity index (χ2v) is 5.00. The first kappa shape index (κ1) is 14.7. The third-order valence-corrected chi connectivity index (χ3v) is 3.09. The second-order valence-electron chi connectivity index (χ2n) is 5.00. The van der Waals surface area contributed by atoms with Crippen LogP contribution in [0.3, 0.4) is 0 Å². The molecule has 0 aliphatic carbocycles. The molecule has 0 amide bonds. The highest BCUT2D eigenvalue weighted by atomic mass is 16.5. The van der Waals surface area contributed by atoms with Crippen molar-refractivity contribution in [1.29, 1.82) is 0 Å². The van der Waals surface area contributed by atoms with E-state index in [0.717, 1.165) is 5.56 Å². The number of ether oxygens (including phenoxy) is 1. The first-order chi connectivity index (χ1) is 9.63. The van der Waals surface area contributed by atoms with Crippen LogP contribution in [0.4, 0.5) is 0 Å². The number of rotatable bonds is 6. The lowest BCUT2D eigenvalue weighted by atomic mass is 10.1. The van der Waals surface area contributed by atoms with Gasteiger partial charge in [0.05, 0.1) is 0 Å². The van der Waals surface area contributed by atoms with Gasteiger partial charge in [-0.05, 0) is 18.4 Å². The van der Waals surface area contributed by atoms with Gasteiger partial charge in [0.1, 0.15) is 12.1 Å². The fourth-order valence-electron chi connectivity index (χ4n) is 2.04. The van der Waals surface area contributed by atoms with Gasteiger partial charge in [-0.15, -0.1) is 0 Å². The summed E-state index contributed by atoms with van der Waals surface area (Å²) in [5.41, 5.74) is 7.09. The summed E-state index contributed by atoms with van der Waals surface area (Å²) in [4.78, 5) is 4.40. The van der Waals surface area contributed by atoms with E-state index in [1.165, 1.54) is 0 Å². The molecular formula is C15H21N3O2. The van der Waals surface area contributed by atoms with Crippen LogP contribution in [0.5, 0.6) is 0 Å². The van der Waals surface area contributed by atoms with Crippen molar-refractivity contribution >= 4 is 0 Å². The molecule has 1 heterocycles. The average molecular weight is 275 g/mol. The SMILES string of the molecule is CCOC(c1noc([C@@H](N)c2ccccc2)n1)C(C)C. The van der Waals surface area contributed by atoms with Gasteiger partial charge in [0, 0.05) is 6.61 Å². The zero-order valence-corrected chi connectivity index (χ0v) is 12.1. The molecule has 2 aromatic rings. The lowest BCUT2D eigenvalue weighted by Crippen LogP contribution is -2.15. The highest BCUT2D eigenvalue weighted by Gasteiger charge is 2.24. The van der Waals surface area contributed by atoms with Crippen molar-refractivity contribution in [2.24, 2.45) is 11.7 Å². The molecule has 1 aromatic heterocycles. The molecule has 5 heteroatoms. The Balaban J connectivity index is 2.20. The molecule has 1 aromatic carbocycles. The Morgan fingerprint density at radius 1 is 1.25 bits per heavy atom. The van der Waals surface area contributed by atoms with E-state index >= 15 is 0 Å². The number of hydrogen-bond donors (Lipinski definition) is 1. The molecule has 5 nitrogen and oxygen atoms in total. The van der Waals surface area contributed by atoms with E-state index in [2.05, 4.69) is 24.0 Å². The van der Waals surface area contributed by atoms with E-state index in [1.807, 2.05) is 37.3 Å². The van der Waals surface area contributed by atoms with Crippen LogP contribution in [0.1, 0.15) is 50.2 Å². The van der Waals surface area contributed by atoms with Crippen molar-refractivity contribution in [1.82, 2.24) is 10.1 Å². The van der Waals surface area contributed by atoms with Gasteiger partial charge in [-0.25, -0.2) is 0 Å². The third-order valence-electron chi connectivity index (χ3n) is 3.09. The summed E-state index contributed by atoms with van der Waals surface area (Å²) in [7, 11) is 0. The summed E-state index contributed by atoms with van der Waals surface area (Å²) >= 11 is 0. The fourth-order valence-corrected chi connectivity index (χ4v) is 2.04. The van der Waals surface area contributed by atoms with Gasteiger partial charge in [-0.2, -0.15) is 4.98 Å². The molecule has 0 fully saturated rings. The quantitative estimate of drug-likeness (QED) is 0.877. The van der Waals surface area contributed by atoms with Crippen molar-refractivity contribution in [3.05, 3.63) is 47.6 Å². The molecule has 2 N–H and O–H groups in total. The van der Waals surface area contributed by atoms with Crippen LogP contribution in [-0.2, 0) is 4.74 Å². The fraction of sp³-hybridized carbons (Fsp3) is 0.467. The van der Waals surface area contributed by atoms with Crippen molar-refractivity contribution < 1.29 is 9.26 Å². The van der Waals surface area contributed by atoms with Crippen LogP contribution < -0.4 is 5.73 Å². The maximum atomic E-state index is 6.14. The number of nitrogens with zero attached hydrogens (tertiary/aromatic N) is 2. The molecule has 0 saturated carbocycles. The summed E-state index contributed by atoms with van der Waals surface area (Å²) in [6, 6.07) is 9.28. The van der Waals surface area contributed by atoms with Gasteiger partial charge in [0.2, 0.25) is 11.7 Å². The summed E-state index contributed by atoms with van der Waals surface area (Å²) in [5, 5.41) is 4.01. The van der Waals surface area contributed by atoms with Crippen LogP contribution >= 0.6 is 0 Å². The molecule has 0 aliphatic heterocycles. The highest BCUT2D eigenvalue weighted by molar-refractivity contribution is 5.23. The topological polar surface area (TPSA) is 74.2 Å². The van der Waals surface area contributed by atoms with Crippen molar-refractivity contribution in [2.45, 2.75) is 32.9 Å². The van der Waals surface area contributed by atoms with Crippen LogP contribution in [-0.4, -0.2) is 16.7 Å². The van der Waals surface area contributed by atoms with Gasteiger partial charge in [0.15, 0.2) is 0 Å². The van der Waals surface area contributed by atoms with Gasteiger partial charge in [0.25, 0.3) is 0 Å². The second kappa shape index (κ2) is 6.63. The minimum absolute atomic E-state index is 0.166. The summed E-state index contributed by atoms with van der Waals surface area (Å²) in [6.07, 6.45) is -0.166. The Kier molecular flexibility index (Phi) is 4.87. The number of nitrogens with two attached hydrogens (primary N) is 1. The Morgan fingerprint density at radius 2 is 1.95 bits per heavy atom. The first-order valence-corrected chi connectivity index (χ1v) is 6.89. The lowest BCUT2D eigenvalue weighted by molar-refractivity contribution is 0.0217. The standard InChI is InChI=1S/C15H21N3O2/c1-4-19-13(10(2)3)14-17-15(20-18-14)12(16)11-8-6-5-7-9-11/h5-10,12-13H,4,16H2,1-3H3/t12-,13?/m0/s1. The van der Waals surface area contributed by atoms with Gasteiger partial charge >= 0.3 is 0 Å². The smallest absolute Gasteiger partial charge is 0.248 e. The molecule has 0 saturated heterocycles. The molecule has 2 atom stereocenters. The highest BCUT2D eigenvalue weighted by Crippen LogP contribution is 2.25. The summed E-state index contributed by atoms with van der Waals surface area (Å²) < 4.78 is 11.0. The molecule has 20 heavy (non-hydrogen) atoms. The molecule has 108 valence electrons. The van der Waals surface area contributed by atoms with Gasteiger partial charge in [-0.1, -0.05) is 49.3 Å². The minimum Gasteiger partial charge on any atom is -0.370 e. The first-order valence-electron chi connectivity index (χ1n) is 6.89. The van der Waals surface area contributed by atoms with E-state index in [1.54, 1.807) is 0 Å². The predicted octanol–water partition coefficient (Wildman–Crippen LogP) is 2.85. The van der Waals surface area contributed by atoms with Gasteiger partial charge in [-0.3, -0.25) is 0 Å². The summed E-state index contributed by atoms with van der Waals surface area (Å²) in [6.45, 7) is 6.69. The minimum atomic E-state index is -0.410. The zero-order valence-electron chi connectivity index (χ0n) is 12.1. The third kappa shape index (κ3) is 3.23. The van der Waals surface area contributed by atoms with Crippen molar-refractivity contribution in [3.63, 3.8) is 0 Å². The molecule has 0 bridgehead atoms. The van der Waals surface area contributed by atoms with Crippen LogP contribution in [0.2, 0.25) is 0 Å². The molecular weight excluding hydrogens is 254 g/mol.